The highest BCUT2D eigenvalue weighted by molar-refractivity contribution is 5.60. The molecule has 0 aliphatic carbocycles. The lowest BCUT2D eigenvalue weighted by Gasteiger charge is -2.21. The molecule has 2 rings (SSSR count). The number of rotatable bonds is 1. The van der Waals surface area contributed by atoms with E-state index in [1.165, 1.54) is 0 Å². The molecule has 1 aliphatic rings. The summed E-state index contributed by atoms with van der Waals surface area (Å²) in [5.74, 6) is 0.428. The van der Waals surface area contributed by atoms with Gasteiger partial charge in [0.25, 0.3) is 0 Å². The lowest BCUT2D eigenvalue weighted by atomic mass is 10.0. The summed E-state index contributed by atoms with van der Waals surface area (Å²) >= 11 is 0. The molecule has 0 atom stereocenters. The predicted molar refractivity (Wildman–Crippen MR) is 54.5 cm³/mol. The van der Waals surface area contributed by atoms with Gasteiger partial charge in [-0.05, 0) is 23.6 Å². The van der Waals surface area contributed by atoms with Gasteiger partial charge in [0, 0.05) is 6.54 Å². The number of benzene rings is 1. The van der Waals surface area contributed by atoms with E-state index in [0.717, 1.165) is 17.8 Å². The molecule has 1 aromatic carbocycles. The maximum atomic E-state index is 13.5. The van der Waals surface area contributed by atoms with Crippen LogP contribution in [0.25, 0.3) is 0 Å². The van der Waals surface area contributed by atoms with E-state index < -0.39 is 0 Å². The van der Waals surface area contributed by atoms with Gasteiger partial charge in [0.2, 0.25) is 0 Å². The van der Waals surface area contributed by atoms with Gasteiger partial charge in [-0.25, -0.2) is 4.39 Å². The number of nitrogens with one attached hydrogen (secondary N) is 1. The van der Waals surface area contributed by atoms with E-state index in [-0.39, 0.29) is 5.82 Å². The Bertz CT molecular complexity index is 349. The summed E-state index contributed by atoms with van der Waals surface area (Å²) in [6, 6.07) is 3.51. The molecular formula is C11H14FNO. The van der Waals surface area contributed by atoms with Gasteiger partial charge in [-0.1, -0.05) is 13.8 Å². The molecule has 1 aliphatic heterocycles. The van der Waals surface area contributed by atoms with E-state index in [2.05, 4.69) is 5.32 Å². The van der Waals surface area contributed by atoms with Gasteiger partial charge in [0.15, 0.2) is 11.6 Å². The summed E-state index contributed by atoms with van der Waals surface area (Å²) in [6.07, 6.45) is 0. The van der Waals surface area contributed by atoms with Gasteiger partial charge in [-0.3, -0.25) is 0 Å². The second-order valence-electron chi connectivity index (χ2n) is 3.81. The van der Waals surface area contributed by atoms with Crippen molar-refractivity contribution in [2.75, 3.05) is 18.5 Å². The van der Waals surface area contributed by atoms with Crippen LogP contribution in [0.5, 0.6) is 5.75 Å². The minimum atomic E-state index is -0.265. The molecule has 0 amide bonds. The number of ether oxygens (including phenoxy) is 1. The first-order chi connectivity index (χ1) is 6.68. The third kappa shape index (κ3) is 1.54. The zero-order chi connectivity index (χ0) is 10.1. The average molecular weight is 195 g/mol. The van der Waals surface area contributed by atoms with Gasteiger partial charge >= 0.3 is 0 Å². The van der Waals surface area contributed by atoms with Crippen molar-refractivity contribution >= 4 is 5.69 Å². The largest absolute Gasteiger partial charge is 0.486 e. The van der Waals surface area contributed by atoms with Gasteiger partial charge in [0.1, 0.15) is 6.61 Å². The van der Waals surface area contributed by atoms with Crippen molar-refractivity contribution in [3.8, 4) is 5.75 Å². The molecule has 0 fully saturated rings. The van der Waals surface area contributed by atoms with Crippen molar-refractivity contribution in [1.29, 1.82) is 0 Å². The molecule has 0 radical (unpaired) electrons. The molecule has 76 valence electrons. The Balaban J connectivity index is 2.46. The van der Waals surface area contributed by atoms with Gasteiger partial charge < -0.3 is 10.1 Å². The Morgan fingerprint density at radius 2 is 2.21 bits per heavy atom. The first-order valence-corrected chi connectivity index (χ1v) is 4.88. The van der Waals surface area contributed by atoms with Crippen LogP contribution < -0.4 is 10.1 Å². The molecule has 14 heavy (non-hydrogen) atoms. The van der Waals surface area contributed by atoms with Crippen molar-refractivity contribution in [3.05, 3.63) is 23.5 Å². The smallest absolute Gasteiger partial charge is 0.178 e. The molecule has 0 unspecified atom stereocenters. The van der Waals surface area contributed by atoms with Gasteiger partial charge in [0.05, 0.1) is 5.69 Å². The number of hydrogen-bond acceptors (Lipinski definition) is 2. The van der Waals surface area contributed by atoms with Crippen LogP contribution in [0, 0.1) is 5.82 Å². The van der Waals surface area contributed by atoms with Crippen LogP contribution in [0.15, 0.2) is 12.1 Å². The number of halogens is 1. The van der Waals surface area contributed by atoms with Crippen LogP contribution in [0.2, 0.25) is 0 Å². The molecular weight excluding hydrogens is 181 g/mol. The minimum Gasteiger partial charge on any atom is -0.486 e. The number of hydrogen-bond donors (Lipinski definition) is 1. The Morgan fingerprint density at radius 1 is 1.43 bits per heavy atom. The zero-order valence-electron chi connectivity index (χ0n) is 8.43. The molecule has 1 aromatic rings. The molecule has 0 bridgehead atoms. The van der Waals surface area contributed by atoms with Crippen LogP contribution in [0.1, 0.15) is 25.3 Å². The molecule has 0 saturated heterocycles. The summed E-state index contributed by atoms with van der Waals surface area (Å²) in [6.45, 7) is 5.37. The summed E-state index contributed by atoms with van der Waals surface area (Å²) in [5.41, 5.74) is 1.78. The van der Waals surface area contributed by atoms with Crippen LogP contribution >= 0.6 is 0 Å². The van der Waals surface area contributed by atoms with Crippen molar-refractivity contribution in [1.82, 2.24) is 0 Å². The number of anilines is 1. The highest BCUT2D eigenvalue weighted by Gasteiger charge is 2.16. The third-order valence-corrected chi connectivity index (χ3v) is 2.40. The predicted octanol–water partition coefficient (Wildman–Crippen LogP) is 2.75. The molecule has 1 N–H and O–H groups in total. The Hall–Kier alpha value is -1.25. The van der Waals surface area contributed by atoms with Crippen LogP contribution in [0.3, 0.4) is 0 Å². The zero-order valence-corrected chi connectivity index (χ0v) is 8.43. The fourth-order valence-electron chi connectivity index (χ4n) is 1.56. The molecule has 2 nitrogen and oxygen atoms in total. The SMILES string of the molecule is CC(C)c1cc(F)c2c(c1)NCCO2. The summed E-state index contributed by atoms with van der Waals surface area (Å²) < 4.78 is 18.8. The molecule has 0 spiro atoms. The summed E-state index contributed by atoms with van der Waals surface area (Å²) in [4.78, 5) is 0. The third-order valence-electron chi connectivity index (χ3n) is 2.40. The second kappa shape index (κ2) is 3.48. The maximum Gasteiger partial charge on any atom is 0.178 e. The minimum absolute atomic E-state index is 0.265. The quantitative estimate of drug-likeness (QED) is 0.744. The van der Waals surface area contributed by atoms with E-state index in [1.54, 1.807) is 6.07 Å². The number of fused-ring (bicyclic) bond motifs is 1. The standard InChI is InChI=1S/C11H14FNO/c1-7(2)8-5-9(12)11-10(6-8)13-3-4-14-11/h5-7,13H,3-4H2,1-2H3. The Morgan fingerprint density at radius 3 is 2.93 bits per heavy atom. The first kappa shape index (κ1) is 9.31. The van der Waals surface area contributed by atoms with E-state index in [4.69, 9.17) is 4.74 Å². The van der Waals surface area contributed by atoms with Crippen molar-refractivity contribution in [3.63, 3.8) is 0 Å². The molecule has 0 saturated carbocycles. The Labute approximate surface area is 83.1 Å². The monoisotopic (exact) mass is 195 g/mol. The van der Waals surface area contributed by atoms with E-state index in [9.17, 15) is 4.39 Å². The van der Waals surface area contributed by atoms with E-state index in [1.807, 2.05) is 19.9 Å². The van der Waals surface area contributed by atoms with E-state index >= 15 is 0 Å². The fourth-order valence-corrected chi connectivity index (χ4v) is 1.56. The lowest BCUT2D eigenvalue weighted by molar-refractivity contribution is 0.305. The van der Waals surface area contributed by atoms with Gasteiger partial charge in [-0.15, -0.1) is 0 Å². The van der Waals surface area contributed by atoms with Crippen molar-refractivity contribution in [2.24, 2.45) is 0 Å². The van der Waals surface area contributed by atoms with Gasteiger partial charge in [-0.2, -0.15) is 0 Å². The molecule has 0 aromatic heterocycles. The normalized spacial score (nSPS) is 14.6. The molecule has 3 heteroatoms. The van der Waals surface area contributed by atoms with Crippen molar-refractivity contribution < 1.29 is 9.13 Å². The second-order valence-corrected chi connectivity index (χ2v) is 3.81. The van der Waals surface area contributed by atoms with Crippen LogP contribution in [0.4, 0.5) is 10.1 Å². The topological polar surface area (TPSA) is 21.3 Å². The highest BCUT2D eigenvalue weighted by Crippen LogP contribution is 2.33. The van der Waals surface area contributed by atoms with E-state index in [0.29, 0.717) is 18.3 Å². The highest BCUT2D eigenvalue weighted by atomic mass is 19.1. The average Bonchev–Trinajstić information content (AvgIpc) is 2.17. The van der Waals surface area contributed by atoms with Crippen LogP contribution in [-0.2, 0) is 0 Å². The first-order valence-electron chi connectivity index (χ1n) is 4.88. The fraction of sp³-hybridized carbons (Fsp3) is 0.455. The lowest BCUT2D eigenvalue weighted by Crippen LogP contribution is -2.19. The van der Waals surface area contributed by atoms with Crippen molar-refractivity contribution in [2.45, 2.75) is 19.8 Å². The van der Waals surface area contributed by atoms with Crippen LogP contribution in [-0.4, -0.2) is 13.2 Å². The molecule has 1 heterocycles. The Kier molecular flexibility index (Phi) is 2.32. The summed E-state index contributed by atoms with van der Waals surface area (Å²) in [7, 11) is 0. The summed E-state index contributed by atoms with van der Waals surface area (Å²) in [5, 5.41) is 3.13. The maximum absolute atomic E-state index is 13.5.